The Balaban J connectivity index is 1.80. The third-order valence-corrected chi connectivity index (χ3v) is 6.80. The van der Waals surface area contributed by atoms with Crippen molar-refractivity contribution in [1.82, 2.24) is 4.98 Å². The molecule has 0 fully saturated rings. The van der Waals surface area contributed by atoms with Crippen molar-refractivity contribution >= 4 is 34.5 Å². The number of pyridine rings is 1. The molecule has 1 atom stereocenters. The summed E-state index contributed by atoms with van der Waals surface area (Å²) in [6.07, 6.45) is 3.73. The molecule has 160 valence electrons. The van der Waals surface area contributed by atoms with E-state index in [0.29, 0.717) is 22.4 Å². The molecule has 0 bridgehead atoms. The van der Waals surface area contributed by atoms with Gasteiger partial charge in [-0.05, 0) is 79.6 Å². The fraction of sp³-hybridized carbons (Fsp3) is 0.192. The molecule has 6 heteroatoms. The van der Waals surface area contributed by atoms with Crippen molar-refractivity contribution in [3.8, 4) is 0 Å². The van der Waals surface area contributed by atoms with Crippen LogP contribution in [0.1, 0.15) is 44.4 Å². The Labute approximate surface area is 190 Å². The van der Waals surface area contributed by atoms with E-state index in [4.69, 9.17) is 4.42 Å². The molecule has 0 radical (unpaired) electrons. The maximum Gasteiger partial charge on any atom is 0.296 e. The first kappa shape index (κ1) is 20.5. The highest BCUT2D eigenvalue weighted by molar-refractivity contribution is 7.98. The number of nitrogens with zero attached hydrogens (tertiary/aromatic N) is 2. The summed E-state index contributed by atoms with van der Waals surface area (Å²) in [5, 5.41) is 0.490. The molecule has 0 aliphatic carbocycles. The van der Waals surface area contributed by atoms with Gasteiger partial charge in [-0.1, -0.05) is 18.2 Å². The highest BCUT2D eigenvalue weighted by atomic mass is 32.2. The largest absolute Gasteiger partial charge is 0.450 e. The van der Waals surface area contributed by atoms with Crippen molar-refractivity contribution in [3.63, 3.8) is 0 Å². The van der Waals surface area contributed by atoms with Gasteiger partial charge >= 0.3 is 0 Å². The van der Waals surface area contributed by atoms with Gasteiger partial charge in [0.2, 0.25) is 5.76 Å². The standard InChI is InChI=1S/C26H22N2O3S/c1-14-5-10-21(27-13-14)28-23(17-6-8-18(32-4)9-7-17)22-24(29)19-11-15(2)16(3)12-20(19)31-25(22)26(28)30/h5-13,23H,1-4H3. The minimum Gasteiger partial charge on any atom is -0.450 e. The lowest BCUT2D eigenvalue weighted by Gasteiger charge is -2.24. The van der Waals surface area contributed by atoms with E-state index < -0.39 is 6.04 Å². The maximum atomic E-state index is 13.7. The molecule has 1 unspecified atom stereocenters. The van der Waals surface area contributed by atoms with E-state index >= 15 is 0 Å². The molecule has 3 heterocycles. The third kappa shape index (κ3) is 3.14. The van der Waals surface area contributed by atoms with Crippen LogP contribution in [0.4, 0.5) is 5.82 Å². The predicted molar refractivity (Wildman–Crippen MR) is 128 cm³/mol. The monoisotopic (exact) mass is 442 g/mol. The molecule has 5 nitrogen and oxygen atoms in total. The number of hydrogen-bond acceptors (Lipinski definition) is 5. The van der Waals surface area contributed by atoms with Crippen LogP contribution < -0.4 is 10.3 Å². The quantitative estimate of drug-likeness (QED) is 0.387. The van der Waals surface area contributed by atoms with Gasteiger partial charge in [0.25, 0.3) is 5.91 Å². The number of aromatic nitrogens is 1. The summed E-state index contributed by atoms with van der Waals surface area (Å²) in [5.74, 6) is 0.223. The molecular weight excluding hydrogens is 420 g/mol. The Morgan fingerprint density at radius 2 is 1.69 bits per heavy atom. The molecule has 1 aliphatic heterocycles. The van der Waals surface area contributed by atoms with E-state index in [2.05, 4.69) is 4.98 Å². The zero-order valence-electron chi connectivity index (χ0n) is 18.3. The zero-order valence-corrected chi connectivity index (χ0v) is 19.1. The van der Waals surface area contributed by atoms with Gasteiger partial charge in [-0.25, -0.2) is 4.98 Å². The van der Waals surface area contributed by atoms with E-state index in [0.717, 1.165) is 27.1 Å². The summed E-state index contributed by atoms with van der Waals surface area (Å²) in [6, 6.07) is 14.7. The summed E-state index contributed by atoms with van der Waals surface area (Å²) in [6.45, 7) is 5.87. The van der Waals surface area contributed by atoms with Gasteiger partial charge < -0.3 is 4.42 Å². The molecule has 5 rings (SSSR count). The van der Waals surface area contributed by atoms with E-state index in [1.807, 2.05) is 69.5 Å². The molecule has 2 aromatic heterocycles. The fourth-order valence-corrected chi connectivity index (χ4v) is 4.58. The maximum absolute atomic E-state index is 13.7. The Bertz CT molecular complexity index is 1420. The Morgan fingerprint density at radius 1 is 0.969 bits per heavy atom. The van der Waals surface area contributed by atoms with Crippen molar-refractivity contribution in [3.05, 3.63) is 98.5 Å². The number of fused-ring (bicyclic) bond motifs is 2. The highest BCUT2D eigenvalue weighted by Crippen LogP contribution is 2.41. The van der Waals surface area contributed by atoms with E-state index in [1.165, 1.54) is 0 Å². The zero-order chi connectivity index (χ0) is 22.6. The third-order valence-electron chi connectivity index (χ3n) is 6.06. The summed E-state index contributed by atoms with van der Waals surface area (Å²) in [5.41, 5.74) is 4.47. The van der Waals surface area contributed by atoms with Crippen LogP contribution in [0.3, 0.4) is 0 Å². The second kappa shape index (κ2) is 7.64. The first-order valence-electron chi connectivity index (χ1n) is 10.4. The van der Waals surface area contributed by atoms with E-state index in [9.17, 15) is 9.59 Å². The van der Waals surface area contributed by atoms with Crippen LogP contribution in [0.15, 0.2) is 68.8 Å². The summed E-state index contributed by atoms with van der Waals surface area (Å²) in [4.78, 5) is 34.5. The highest BCUT2D eigenvalue weighted by Gasteiger charge is 2.44. The molecule has 1 aliphatic rings. The average Bonchev–Trinajstić information content (AvgIpc) is 3.08. The number of amides is 1. The number of carbonyl (C=O) groups excluding carboxylic acids is 1. The summed E-state index contributed by atoms with van der Waals surface area (Å²) >= 11 is 1.64. The Morgan fingerprint density at radius 3 is 2.34 bits per heavy atom. The average molecular weight is 443 g/mol. The second-order valence-corrected chi connectivity index (χ2v) is 9.03. The normalized spacial score (nSPS) is 15.4. The molecular formula is C26H22N2O3S. The van der Waals surface area contributed by atoms with E-state index in [-0.39, 0.29) is 17.1 Å². The fourth-order valence-electron chi connectivity index (χ4n) is 4.17. The van der Waals surface area contributed by atoms with E-state index in [1.54, 1.807) is 28.9 Å². The summed E-state index contributed by atoms with van der Waals surface area (Å²) < 4.78 is 6.08. The number of thioether (sulfide) groups is 1. The predicted octanol–water partition coefficient (Wildman–Crippen LogP) is 5.58. The lowest BCUT2D eigenvalue weighted by Crippen LogP contribution is -2.30. The van der Waals surface area contributed by atoms with Gasteiger partial charge in [0.05, 0.1) is 17.0 Å². The molecule has 2 aromatic carbocycles. The van der Waals surface area contributed by atoms with Crippen molar-refractivity contribution < 1.29 is 9.21 Å². The number of carbonyl (C=O) groups is 1. The summed E-state index contributed by atoms with van der Waals surface area (Å²) in [7, 11) is 0. The molecule has 0 spiro atoms. The SMILES string of the molecule is CSc1ccc(C2c3c(oc4cc(C)c(C)cc4c3=O)C(=O)N2c2ccc(C)cn2)cc1. The Hall–Kier alpha value is -3.38. The van der Waals surface area contributed by atoms with Gasteiger partial charge in [-0.3, -0.25) is 14.5 Å². The van der Waals surface area contributed by atoms with Crippen LogP contribution in [-0.4, -0.2) is 17.1 Å². The van der Waals surface area contributed by atoms with Crippen LogP contribution in [-0.2, 0) is 0 Å². The number of hydrogen-bond donors (Lipinski definition) is 0. The van der Waals surface area contributed by atoms with Gasteiger partial charge in [0, 0.05) is 11.1 Å². The van der Waals surface area contributed by atoms with Crippen LogP contribution in [0.2, 0.25) is 0 Å². The molecule has 4 aromatic rings. The van der Waals surface area contributed by atoms with Crippen LogP contribution in [0.25, 0.3) is 11.0 Å². The topological polar surface area (TPSA) is 63.4 Å². The lowest BCUT2D eigenvalue weighted by atomic mass is 9.97. The number of benzene rings is 2. The minimum atomic E-state index is -0.606. The van der Waals surface area contributed by atoms with Gasteiger partial charge in [0.15, 0.2) is 5.43 Å². The van der Waals surface area contributed by atoms with Gasteiger partial charge in [0.1, 0.15) is 11.4 Å². The number of anilines is 1. The molecule has 1 amide bonds. The lowest BCUT2D eigenvalue weighted by molar-refractivity contribution is 0.0970. The second-order valence-electron chi connectivity index (χ2n) is 8.15. The minimum absolute atomic E-state index is 0.0899. The first-order valence-corrected chi connectivity index (χ1v) is 11.6. The first-order chi connectivity index (χ1) is 15.4. The smallest absolute Gasteiger partial charge is 0.296 e. The van der Waals surface area contributed by atoms with Crippen LogP contribution in [0.5, 0.6) is 0 Å². The number of aryl methyl sites for hydroxylation is 3. The molecule has 0 saturated heterocycles. The van der Waals surface area contributed by atoms with Crippen LogP contribution >= 0.6 is 11.8 Å². The van der Waals surface area contributed by atoms with Crippen molar-refractivity contribution in [1.29, 1.82) is 0 Å². The van der Waals surface area contributed by atoms with Crippen molar-refractivity contribution in [2.24, 2.45) is 0 Å². The molecule has 0 saturated carbocycles. The van der Waals surface area contributed by atoms with Gasteiger partial charge in [-0.2, -0.15) is 0 Å². The van der Waals surface area contributed by atoms with Gasteiger partial charge in [-0.15, -0.1) is 11.8 Å². The van der Waals surface area contributed by atoms with Crippen molar-refractivity contribution in [2.75, 3.05) is 11.2 Å². The molecule has 0 N–H and O–H groups in total. The Kier molecular flexibility index (Phi) is 4.90. The molecule has 32 heavy (non-hydrogen) atoms. The number of rotatable bonds is 3. The van der Waals surface area contributed by atoms with Crippen LogP contribution in [0, 0.1) is 20.8 Å². The van der Waals surface area contributed by atoms with Crippen molar-refractivity contribution in [2.45, 2.75) is 31.7 Å².